The summed E-state index contributed by atoms with van der Waals surface area (Å²) in [6, 6.07) is 16.0. The van der Waals surface area contributed by atoms with E-state index in [0.717, 1.165) is 10.2 Å². The van der Waals surface area contributed by atoms with Crippen molar-refractivity contribution in [3.63, 3.8) is 0 Å². The molecule has 2 aromatic rings. The van der Waals surface area contributed by atoms with E-state index in [-0.39, 0.29) is 18.2 Å². The molecule has 7 heteroatoms. The van der Waals surface area contributed by atoms with Crippen molar-refractivity contribution >= 4 is 39.3 Å². The van der Waals surface area contributed by atoms with Gasteiger partial charge in [-0.25, -0.2) is 0 Å². The predicted molar refractivity (Wildman–Crippen MR) is 96.7 cm³/mol. The molecule has 0 spiro atoms. The van der Waals surface area contributed by atoms with Crippen molar-refractivity contribution in [3.05, 3.63) is 64.6 Å². The largest absolute Gasteiger partial charge is 0.312 e. The van der Waals surface area contributed by atoms with Crippen LogP contribution in [0.4, 0.5) is 5.69 Å². The van der Waals surface area contributed by atoms with Crippen LogP contribution in [0.15, 0.2) is 59.1 Å². The maximum Gasteiger partial charge on any atom is 0.269 e. The lowest BCUT2D eigenvalue weighted by Gasteiger charge is -2.16. The maximum atomic E-state index is 12.3. The van der Waals surface area contributed by atoms with Gasteiger partial charge in [-0.3, -0.25) is 25.2 Å². The number of carbonyl (C=O) groups is 3. The number of hydrazine groups is 1. The summed E-state index contributed by atoms with van der Waals surface area (Å²) in [6.45, 7) is 0.293. The average molecular weight is 402 g/mol. The van der Waals surface area contributed by atoms with Gasteiger partial charge in [-0.1, -0.05) is 40.2 Å². The second kappa shape index (κ2) is 7.48. The fourth-order valence-electron chi connectivity index (χ4n) is 2.66. The van der Waals surface area contributed by atoms with Gasteiger partial charge in [0.25, 0.3) is 5.91 Å². The number of anilines is 1. The minimum Gasteiger partial charge on any atom is -0.312 e. The van der Waals surface area contributed by atoms with Crippen LogP contribution in [0.2, 0.25) is 0 Å². The SMILES string of the molecule is O=C(NNC(=O)[C@@H]1CC(=O)N(c2ccccc2)C1)c1cccc(Br)c1. The standard InChI is InChI=1S/C18H16BrN3O3/c19-14-6-4-5-12(9-14)17(24)20-21-18(25)13-10-16(23)22(11-13)15-7-2-1-3-8-15/h1-9,13H,10-11H2,(H,20,24)(H,21,25)/t13-/m1/s1. The van der Waals surface area contributed by atoms with Gasteiger partial charge in [0.2, 0.25) is 11.8 Å². The van der Waals surface area contributed by atoms with Crippen LogP contribution >= 0.6 is 15.9 Å². The van der Waals surface area contributed by atoms with Crippen LogP contribution in [0, 0.1) is 5.92 Å². The molecule has 3 rings (SSSR count). The van der Waals surface area contributed by atoms with Crippen molar-refractivity contribution in [1.82, 2.24) is 10.9 Å². The summed E-state index contributed by atoms with van der Waals surface area (Å²) in [5, 5.41) is 0. The number of halogens is 1. The van der Waals surface area contributed by atoms with E-state index >= 15 is 0 Å². The fourth-order valence-corrected chi connectivity index (χ4v) is 3.06. The monoisotopic (exact) mass is 401 g/mol. The smallest absolute Gasteiger partial charge is 0.269 e. The fraction of sp³-hybridized carbons (Fsp3) is 0.167. The summed E-state index contributed by atoms with van der Waals surface area (Å²) in [4.78, 5) is 38.0. The first-order valence-electron chi connectivity index (χ1n) is 7.76. The van der Waals surface area contributed by atoms with Crippen LogP contribution in [-0.2, 0) is 9.59 Å². The van der Waals surface area contributed by atoms with Gasteiger partial charge < -0.3 is 4.90 Å². The summed E-state index contributed by atoms with van der Waals surface area (Å²) < 4.78 is 0.770. The molecule has 0 aromatic heterocycles. The molecular formula is C18H16BrN3O3. The minimum atomic E-state index is -0.504. The highest BCUT2D eigenvalue weighted by atomic mass is 79.9. The Kier molecular flexibility index (Phi) is 5.14. The van der Waals surface area contributed by atoms with Crippen LogP contribution in [0.3, 0.4) is 0 Å². The number of para-hydroxylation sites is 1. The van der Waals surface area contributed by atoms with E-state index in [1.165, 1.54) is 0 Å². The summed E-state index contributed by atoms with van der Waals surface area (Å²) >= 11 is 3.29. The first-order valence-corrected chi connectivity index (χ1v) is 8.55. The lowest BCUT2D eigenvalue weighted by molar-refractivity contribution is -0.126. The lowest BCUT2D eigenvalue weighted by atomic mass is 10.1. The molecule has 1 saturated heterocycles. The molecule has 0 unspecified atom stereocenters. The zero-order valence-corrected chi connectivity index (χ0v) is 14.8. The van der Waals surface area contributed by atoms with E-state index in [1.807, 2.05) is 30.3 Å². The number of amides is 3. The quantitative estimate of drug-likeness (QED) is 0.774. The van der Waals surface area contributed by atoms with E-state index in [1.54, 1.807) is 29.2 Å². The molecule has 0 aliphatic carbocycles. The van der Waals surface area contributed by atoms with Crippen molar-refractivity contribution in [3.8, 4) is 0 Å². The van der Waals surface area contributed by atoms with Gasteiger partial charge in [0.15, 0.2) is 0 Å². The van der Waals surface area contributed by atoms with E-state index in [2.05, 4.69) is 26.8 Å². The summed E-state index contributed by atoms with van der Waals surface area (Å²) in [5.74, 6) is -1.41. The van der Waals surface area contributed by atoms with Gasteiger partial charge in [0.1, 0.15) is 0 Å². The van der Waals surface area contributed by atoms with Gasteiger partial charge in [-0.05, 0) is 30.3 Å². The normalized spacial score (nSPS) is 16.6. The van der Waals surface area contributed by atoms with E-state index in [0.29, 0.717) is 12.1 Å². The van der Waals surface area contributed by atoms with Crippen molar-refractivity contribution in [2.45, 2.75) is 6.42 Å². The third-order valence-electron chi connectivity index (χ3n) is 3.95. The molecule has 25 heavy (non-hydrogen) atoms. The van der Waals surface area contributed by atoms with Crippen LogP contribution in [0.25, 0.3) is 0 Å². The Labute approximate surface area is 153 Å². The third-order valence-corrected chi connectivity index (χ3v) is 4.44. The Bertz CT molecular complexity index is 810. The van der Waals surface area contributed by atoms with Gasteiger partial charge in [0, 0.05) is 28.7 Å². The first-order chi connectivity index (χ1) is 12.0. The Morgan fingerprint density at radius 1 is 1.04 bits per heavy atom. The molecule has 0 saturated carbocycles. The number of hydrogen-bond donors (Lipinski definition) is 2. The summed E-state index contributed by atoms with van der Waals surface area (Å²) in [5.41, 5.74) is 5.97. The molecule has 1 fully saturated rings. The zero-order valence-electron chi connectivity index (χ0n) is 13.2. The summed E-state index contributed by atoms with van der Waals surface area (Å²) in [6.07, 6.45) is 0.119. The molecule has 2 N–H and O–H groups in total. The second-order valence-electron chi connectivity index (χ2n) is 5.69. The van der Waals surface area contributed by atoms with Gasteiger partial charge in [-0.15, -0.1) is 0 Å². The predicted octanol–water partition coefficient (Wildman–Crippen LogP) is 2.26. The highest BCUT2D eigenvalue weighted by Crippen LogP contribution is 2.24. The number of nitrogens with zero attached hydrogens (tertiary/aromatic N) is 1. The topological polar surface area (TPSA) is 78.5 Å². The Morgan fingerprint density at radius 3 is 2.52 bits per heavy atom. The van der Waals surface area contributed by atoms with Gasteiger partial charge in [-0.2, -0.15) is 0 Å². The summed E-state index contributed by atoms with van der Waals surface area (Å²) in [7, 11) is 0. The number of rotatable bonds is 3. The highest BCUT2D eigenvalue weighted by molar-refractivity contribution is 9.10. The zero-order chi connectivity index (χ0) is 17.8. The van der Waals surface area contributed by atoms with Crippen molar-refractivity contribution in [2.75, 3.05) is 11.4 Å². The lowest BCUT2D eigenvalue weighted by Crippen LogP contribution is -2.45. The molecule has 1 heterocycles. The molecular weight excluding hydrogens is 386 g/mol. The van der Waals surface area contributed by atoms with Gasteiger partial charge in [0.05, 0.1) is 5.92 Å². The van der Waals surface area contributed by atoms with Crippen LogP contribution in [0.5, 0.6) is 0 Å². The number of hydrogen-bond acceptors (Lipinski definition) is 3. The molecule has 6 nitrogen and oxygen atoms in total. The van der Waals surface area contributed by atoms with Crippen LogP contribution in [-0.4, -0.2) is 24.3 Å². The van der Waals surface area contributed by atoms with Crippen molar-refractivity contribution in [2.24, 2.45) is 5.92 Å². The van der Waals surface area contributed by atoms with E-state index in [9.17, 15) is 14.4 Å². The molecule has 1 aliphatic rings. The number of nitrogens with one attached hydrogen (secondary N) is 2. The van der Waals surface area contributed by atoms with Gasteiger partial charge >= 0.3 is 0 Å². The second-order valence-corrected chi connectivity index (χ2v) is 6.61. The highest BCUT2D eigenvalue weighted by Gasteiger charge is 2.35. The molecule has 0 bridgehead atoms. The van der Waals surface area contributed by atoms with Crippen LogP contribution in [0.1, 0.15) is 16.8 Å². The van der Waals surface area contributed by atoms with Crippen molar-refractivity contribution < 1.29 is 14.4 Å². The third kappa shape index (κ3) is 4.06. The number of carbonyl (C=O) groups excluding carboxylic acids is 3. The Balaban J connectivity index is 1.57. The Hall–Kier alpha value is -2.67. The molecule has 1 aliphatic heterocycles. The molecule has 3 amide bonds. The Morgan fingerprint density at radius 2 is 1.80 bits per heavy atom. The molecule has 2 aromatic carbocycles. The minimum absolute atomic E-state index is 0.107. The van der Waals surface area contributed by atoms with Crippen molar-refractivity contribution in [1.29, 1.82) is 0 Å². The van der Waals surface area contributed by atoms with Crippen LogP contribution < -0.4 is 15.8 Å². The number of benzene rings is 2. The molecule has 128 valence electrons. The molecule has 0 radical (unpaired) electrons. The van der Waals surface area contributed by atoms with E-state index < -0.39 is 11.8 Å². The first kappa shape index (κ1) is 17.2. The maximum absolute atomic E-state index is 12.3. The average Bonchev–Trinajstić information content (AvgIpc) is 3.02. The molecule has 1 atom stereocenters. The van der Waals surface area contributed by atoms with E-state index in [4.69, 9.17) is 0 Å².